The molecule has 2 aromatic carbocycles. The average molecular weight is 503 g/mol. The summed E-state index contributed by atoms with van der Waals surface area (Å²) in [5, 5.41) is 0. The number of benzene rings is 2. The number of rotatable bonds is 13. The lowest BCUT2D eigenvalue weighted by Crippen LogP contribution is -2.41. The van der Waals surface area contributed by atoms with Crippen molar-refractivity contribution < 1.29 is 37.3 Å². The van der Waals surface area contributed by atoms with E-state index in [4.69, 9.17) is 18.9 Å². The first kappa shape index (κ1) is 26.3. The minimum absolute atomic E-state index is 0.0574. The third-order valence-corrected chi connectivity index (χ3v) is 7.08. The van der Waals surface area contributed by atoms with Crippen LogP contribution in [0.3, 0.4) is 0 Å². The van der Waals surface area contributed by atoms with Crippen molar-refractivity contribution in [3.8, 4) is 5.75 Å². The Kier molecular flexibility index (Phi) is 9.07. The van der Waals surface area contributed by atoms with Crippen LogP contribution in [0.2, 0.25) is 0 Å². The lowest BCUT2D eigenvalue weighted by Gasteiger charge is -2.39. The van der Waals surface area contributed by atoms with Crippen molar-refractivity contribution in [1.82, 2.24) is 0 Å². The third-order valence-electron chi connectivity index (χ3n) is 7.08. The Bertz CT molecular complexity index is 1010. The van der Waals surface area contributed by atoms with Crippen molar-refractivity contribution in [1.29, 1.82) is 0 Å². The summed E-state index contributed by atoms with van der Waals surface area (Å²) < 4.78 is 54.3. The fourth-order valence-corrected chi connectivity index (χ4v) is 5.30. The van der Waals surface area contributed by atoms with Crippen LogP contribution in [0.5, 0.6) is 5.75 Å². The fourth-order valence-electron chi connectivity index (χ4n) is 5.30. The summed E-state index contributed by atoms with van der Waals surface area (Å²) in [4.78, 5) is 11.2. The average Bonchev–Trinajstić information content (AvgIpc) is 3.45. The predicted octanol–water partition coefficient (Wildman–Crippen LogP) is 4.47. The minimum Gasteiger partial charge on any atom is -0.491 e. The summed E-state index contributed by atoms with van der Waals surface area (Å²) in [6.45, 7) is 2.08. The van der Waals surface area contributed by atoms with Crippen LogP contribution in [-0.4, -0.2) is 58.8 Å². The van der Waals surface area contributed by atoms with Crippen molar-refractivity contribution in [2.24, 2.45) is 11.8 Å². The van der Waals surface area contributed by atoms with E-state index in [0.717, 1.165) is 18.4 Å². The highest BCUT2D eigenvalue weighted by Gasteiger charge is 2.59. The molecule has 1 aliphatic carbocycles. The van der Waals surface area contributed by atoms with Crippen LogP contribution < -0.4 is 4.74 Å². The van der Waals surface area contributed by atoms with E-state index in [2.05, 4.69) is 10.8 Å². The van der Waals surface area contributed by atoms with Gasteiger partial charge in [-0.3, -0.25) is 0 Å². The maximum Gasteiger partial charge on any atom is 0.331 e. The molecule has 2 aliphatic rings. The quantitative estimate of drug-likeness (QED) is 0.229. The summed E-state index contributed by atoms with van der Waals surface area (Å²) in [5.74, 6) is 0.0104. The Hall–Kier alpha value is -2.81. The molecule has 0 amide bonds. The zero-order valence-electron chi connectivity index (χ0n) is 20.4. The number of esters is 1. The van der Waals surface area contributed by atoms with Gasteiger partial charge in [0.2, 0.25) is 0 Å². The highest BCUT2D eigenvalue weighted by Crippen LogP contribution is 2.56. The molecule has 1 heterocycles. The molecule has 8 heteroatoms. The highest BCUT2D eigenvalue weighted by atomic mass is 19.1. The number of hydrogen-bond donors (Lipinski definition) is 0. The maximum absolute atomic E-state index is 13.6. The van der Waals surface area contributed by atoms with Crippen molar-refractivity contribution in [2.45, 2.75) is 24.4 Å². The minimum atomic E-state index is -0.412. The molecule has 1 aliphatic heterocycles. The Morgan fingerprint density at radius 2 is 1.75 bits per heavy atom. The summed E-state index contributed by atoms with van der Waals surface area (Å²) >= 11 is 0. The van der Waals surface area contributed by atoms with Gasteiger partial charge < -0.3 is 23.7 Å². The highest BCUT2D eigenvalue weighted by molar-refractivity contribution is 5.70. The van der Waals surface area contributed by atoms with Gasteiger partial charge >= 0.3 is 5.97 Å². The van der Waals surface area contributed by atoms with Crippen LogP contribution in [0.4, 0.5) is 8.78 Å². The van der Waals surface area contributed by atoms with Crippen molar-refractivity contribution in [3.63, 3.8) is 0 Å². The number of carbonyl (C=O) groups is 1. The van der Waals surface area contributed by atoms with Crippen molar-refractivity contribution in [2.75, 3.05) is 46.8 Å². The number of carbonyl (C=O) groups excluding carboxylic acids is 1. The molecule has 2 aromatic rings. The van der Waals surface area contributed by atoms with Crippen molar-refractivity contribution in [3.05, 3.63) is 77.9 Å². The van der Waals surface area contributed by atoms with Gasteiger partial charge in [0, 0.05) is 11.3 Å². The molecule has 0 N–H and O–H groups in total. The van der Waals surface area contributed by atoms with E-state index in [1.54, 1.807) is 12.1 Å². The van der Waals surface area contributed by atoms with Gasteiger partial charge in [-0.2, -0.15) is 0 Å². The lowest BCUT2D eigenvalue weighted by molar-refractivity contribution is -0.145. The van der Waals surface area contributed by atoms with Crippen LogP contribution >= 0.6 is 0 Å². The first-order valence-corrected chi connectivity index (χ1v) is 12.1. The Morgan fingerprint density at radius 1 is 1.03 bits per heavy atom. The normalized spacial score (nSPS) is 24.9. The summed E-state index contributed by atoms with van der Waals surface area (Å²) in [6, 6.07) is 12.6. The maximum atomic E-state index is 13.6. The van der Waals surface area contributed by atoms with E-state index in [1.807, 2.05) is 18.2 Å². The molecular weight excluding hydrogens is 470 g/mol. The number of fused-ring (bicyclic) bond motifs is 2. The monoisotopic (exact) mass is 502 g/mol. The number of allylic oxidation sites excluding steroid dienone is 1. The van der Waals surface area contributed by atoms with Gasteiger partial charge in [0.05, 0.1) is 39.6 Å². The van der Waals surface area contributed by atoms with E-state index < -0.39 is 5.97 Å². The molecule has 2 bridgehead atoms. The smallest absolute Gasteiger partial charge is 0.331 e. The summed E-state index contributed by atoms with van der Waals surface area (Å²) in [6.07, 6.45) is 5.66. The molecule has 0 spiro atoms. The largest absolute Gasteiger partial charge is 0.491 e. The van der Waals surface area contributed by atoms with Crippen LogP contribution in [0.25, 0.3) is 0 Å². The van der Waals surface area contributed by atoms with Crippen LogP contribution in [-0.2, 0) is 29.2 Å². The Morgan fingerprint density at radius 3 is 2.47 bits per heavy atom. The number of ether oxygens (including phenoxy) is 5. The second-order valence-corrected chi connectivity index (χ2v) is 9.16. The van der Waals surface area contributed by atoms with Crippen molar-refractivity contribution >= 4 is 5.97 Å². The van der Waals surface area contributed by atoms with E-state index in [9.17, 15) is 13.6 Å². The van der Waals surface area contributed by atoms with Gasteiger partial charge in [0.25, 0.3) is 0 Å². The zero-order valence-corrected chi connectivity index (χ0v) is 20.4. The molecule has 2 unspecified atom stereocenters. The second kappa shape index (κ2) is 12.4. The molecule has 4 atom stereocenters. The molecule has 1 saturated carbocycles. The molecule has 1 saturated heterocycles. The first-order valence-electron chi connectivity index (χ1n) is 12.1. The Labute approximate surface area is 210 Å². The van der Waals surface area contributed by atoms with Crippen LogP contribution in [0, 0.1) is 23.5 Å². The van der Waals surface area contributed by atoms with E-state index in [0.29, 0.717) is 38.8 Å². The van der Waals surface area contributed by atoms with Gasteiger partial charge in [0.15, 0.2) is 0 Å². The van der Waals surface area contributed by atoms with Crippen LogP contribution in [0.15, 0.2) is 60.7 Å². The van der Waals surface area contributed by atoms with E-state index >= 15 is 0 Å². The molecule has 194 valence electrons. The molecule has 6 nitrogen and oxygen atoms in total. The topological polar surface area (TPSA) is 63.2 Å². The second-order valence-electron chi connectivity index (χ2n) is 9.16. The van der Waals surface area contributed by atoms with Gasteiger partial charge in [-0.15, -0.1) is 0 Å². The molecule has 0 radical (unpaired) electrons. The van der Waals surface area contributed by atoms with Gasteiger partial charge in [0.1, 0.15) is 30.6 Å². The third kappa shape index (κ3) is 6.30. The lowest BCUT2D eigenvalue weighted by atomic mass is 9.69. The number of methoxy groups -OCH3 is 1. The molecule has 2 fully saturated rings. The number of halogens is 2. The first-order chi connectivity index (χ1) is 17.5. The summed E-state index contributed by atoms with van der Waals surface area (Å²) in [5.41, 5.74) is 0.864. The number of hydrogen-bond acceptors (Lipinski definition) is 6. The van der Waals surface area contributed by atoms with E-state index in [-0.39, 0.29) is 41.6 Å². The van der Waals surface area contributed by atoms with Gasteiger partial charge in [-0.1, -0.05) is 24.3 Å². The van der Waals surface area contributed by atoms with Gasteiger partial charge in [-0.25, -0.2) is 13.6 Å². The molecule has 36 heavy (non-hydrogen) atoms. The molecule has 4 rings (SSSR count). The predicted molar refractivity (Wildman–Crippen MR) is 129 cm³/mol. The fraction of sp³-hybridized carbons (Fsp3) is 0.464. The summed E-state index contributed by atoms with van der Waals surface area (Å²) in [7, 11) is 1.32. The SMILES string of the molecule is COC(=O)COC/C=C/C[C@H]1[C@H](COCCOc2ccc(F)cc2)C2CC1(c1ccc(F)cc1)CO2. The van der Waals surface area contributed by atoms with E-state index in [1.165, 1.54) is 31.4 Å². The zero-order chi connectivity index (χ0) is 25.4. The standard InChI is InChI=1S/C28H32F2O6/c1-32-27(31)18-33-13-3-2-4-25-24(17-34-14-15-35-23-11-9-22(30)10-12-23)26-16-28(25,19-36-26)20-5-7-21(29)8-6-20/h2-3,5-12,24-26H,4,13-19H2,1H3/b3-2+/t24-,25-,26?,28?/m0/s1. The van der Waals surface area contributed by atoms with Gasteiger partial charge in [-0.05, 0) is 60.7 Å². The molecule has 0 aromatic heterocycles. The molecular formula is C28H32F2O6. The van der Waals surface area contributed by atoms with Crippen LogP contribution in [0.1, 0.15) is 18.4 Å². The Balaban J connectivity index is 1.36.